The van der Waals surface area contributed by atoms with Crippen molar-refractivity contribution < 1.29 is 38.4 Å². The van der Waals surface area contributed by atoms with Gasteiger partial charge in [0.25, 0.3) is 5.79 Å². The van der Waals surface area contributed by atoms with Crippen LogP contribution in [0, 0.1) is 0 Å². The highest BCUT2D eigenvalue weighted by Gasteiger charge is 2.84. The maximum Gasteiger partial charge on any atom is 0.338 e. The zero-order valence-corrected chi connectivity index (χ0v) is 17.9. The van der Waals surface area contributed by atoms with E-state index in [0.29, 0.717) is 19.3 Å². The Morgan fingerprint density at radius 3 is 2.88 bits per heavy atom. The van der Waals surface area contributed by atoms with Crippen molar-refractivity contribution in [2.75, 3.05) is 13.7 Å². The van der Waals surface area contributed by atoms with E-state index in [-0.39, 0.29) is 17.9 Å². The number of Topliss-reactive ketones (excluding diaryl/α,β-unsaturated/α-hetero) is 1. The third-order valence-corrected chi connectivity index (χ3v) is 8.39. The van der Waals surface area contributed by atoms with E-state index in [4.69, 9.17) is 23.7 Å². The van der Waals surface area contributed by atoms with Crippen LogP contribution in [0.3, 0.4) is 0 Å². The Balaban J connectivity index is 1.50. The van der Waals surface area contributed by atoms with Gasteiger partial charge in [0.2, 0.25) is 0 Å². The number of cyclic esters (lactones) is 1. The van der Waals surface area contributed by atoms with E-state index in [2.05, 4.69) is 12.1 Å². The number of hydrogen-bond acceptors (Lipinski definition) is 8. The number of fused-ring (bicyclic) bond motifs is 1. The number of methoxy groups -OCH3 is 1. The maximum atomic E-state index is 13.5. The molecule has 3 fully saturated rings. The summed E-state index contributed by atoms with van der Waals surface area (Å²) >= 11 is 0. The van der Waals surface area contributed by atoms with Gasteiger partial charge in [-0.15, -0.1) is 0 Å². The molecule has 5 bridgehead atoms. The SMILES string of the molecule is CO[C@H]1C(=O)OCCc2ccc3c(c2)C24CCCC2(C3)OC2=C(C)C(=O)[C@]13O[C@H]3[C@]2(O)O4. The molecule has 168 valence electrons. The first-order valence-corrected chi connectivity index (χ1v) is 11.2. The fourth-order valence-electron chi connectivity index (χ4n) is 6.96. The van der Waals surface area contributed by atoms with Crippen molar-refractivity contribution in [2.24, 2.45) is 0 Å². The standard InChI is InChI=1S/C24H24O8/c1-12-16(25)23-18(28-2)19(26)29-9-6-13-4-5-14-11-21-7-3-8-22(21,15(14)10-13)32-24(27,17(12)30-21)20(23)31-23/h4-5,10,18,20,27H,3,6-9,11H2,1-2H3/t18-,20+,21?,22?,23-,24+/m0/s1. The van der Waals surface area contributed by atoms with Crippen molar-refractivity contribution in [1.82, 2.24) is 0 Å². The summed E-state index contributed by atoms with van der Waals surface area (Å²) in [5.41, 5.74) is 0.0988. The van der Waals surface area contributed by atoms with Gasteiger partial charge < -0.3 is 28.8 Å². The number of hydrogen-bond donors (Lipinski definition) is 1. The number of aliphatic hydroxyl groups is 1. The summed E-state index contributed by atoms with van der Waals surface area (Å²) in [7, 11) is 1.33. The topological polar surface area (TPSA) is 104 Å². The Labute approximate surface area is 184 Å². The van der Waals surface area contributed by atoms with Gasteiger partial charge in [-0.25, -0.2) is 4.79 Å². The summed E-state index contributed by atoms with van der Waals surface area (Å²) in [6, 6.07) is 6.19. The number of carbonyl (C=O) groups excluding carboxylic acids is 2. The fraction of sp³-hybridized carbons (Fsp3) is 0.583. The van der Waals surface area contributed by atoms with Crippen LogP contribution >= 0.6 is 0 Å². The molecule has 1 saturated carbocycles. The molecule has 8 nitrogen and oxygen atoms in total. The minimum atomic E-state index is -2.01. The third-order valence-electron chi connectivity index (χ3n) is 8.39. The van der Waals surface area contributed by atoms with Gasteiger partial charge in [-0.1, -0.05) is 18.2 Å². The number of benzene rings is 1. The molecule has 1 aromatic carbocycles. The van der Waals surface area contributed by atoms with Gasteiger partial charge in [0.15, 0.2) is 29.4 Å². The number of carbonyl (C=O) groups is 2. The van der Waals surface area contributed by atoms with E-state index in [9.17, 15) is 14.7 Å². The zero-order valence-electron chi connectivity index (χ0n) is 17.9. The Hall–Kier alpha value is -2.26. The maximum absolute atomic E-state index is 13.5. The Bertz CT molecular complexity index is 1140. The van der Waals surface area contributed by atoms with E-state index in [0.717, 1.165) is 29.5 Å². The van der Waals surface area contributed by atoms with E-state index < -0.39 is 46.6 Å². The lowest BCUT2D eigenvalue weighted by Gasteiger charge is -2.53. The summed E-state index contributed by atoms with van der Waals surface area (Å²) < 4.78 is 30.1. The second kappa shape index (κ2) is 5.62. The summed E-state index contributed by atoms with van der Waals surface area (Å²) in [5, 5.41) is 12.0. The van der Waals surface area contributed by atoms with Gasteiger partial charge in [0.05, 0.1) is 6.61 Å². The average Bonchev–Trinajstić information content (AvgIpc) is 3.34. The summed E-state index contributed by atoms with van der Waals surface area (Å²) in [4.78, 5) is 26.4. The number of esters is 1. The van der Waals surface area contributed by atoms with Gasteiger partial charge >= 0.3 is 5.97 Å². The van der Waals surface area contributed by atoms with Gasteiger partial charge in [-0.3, -0.25) is 4.79 Å². The van der Waals surface area contributed by atoms with Crippen LogP contribution in [0.1, 0.15) is 42.9 Å². The smallest absolute Gasteiger partial charge is 0.338 e. The lowest BCUT2D eigenvalue weighted by atomic mass is 9.76. The van der Waals surface area contributed by atoms with E-state index in [1.165, 1.54) is 7.11 Å². The monoisotopic (exact) mass is 440 g/mol. The predicted molar refractivity (Wildman–Crippen MR) is 106 cm³/mol. The van der Waals surface area contributed by atoms with Crippen LogP contribution in [0.2, 0.25) is 0 Å². The molecule has 0 aromatic heterocycles. The molecular formula is C24H24O8. The fourth-order valence-corrected chi connectivity index (χ4v) is 6.96. The largest absolute Gasteiger partial charge is 0.482 e. The van der Waals surface area contributed by atoms with Crippen molar-refractivity contribution in [1.29, 1.82) is 0 Å². The van der Waals surface area contributed by atoms with E-state index in [1.807, 2.05) is 6.07 Å². The van der Waals surface area contributed by atoms with E-state index >= 15 is 0 Å². The highest BCUT2D eigenvalue weighted by molar-refractivity contribution is 6.09. The summed E-state index contributed by atoms with van der Waals surface area (Å²) in [5.74, 6) is -3.05. The van der Waals surface area contributed by atoms with Crippen LogP contribution < -0.4 is 0 Å². The third kappa shape index (κ3) is 1.88. The average molecular weight is 440 g/mol. The number of ether oxygens (including phenoxy) is 5. The van der Waals surface area contributed by atoms with Crippen molar-refractivity contribution >= 4 is 11.8 Å². The molecule has 3 aliphatic heterocycles. The Kier molecular flexibility index (Phi) is 3.38. The lowest BCUT2D eigenvalue weighted by Crippen LogP contribution is -2.66. The van der Waals surface area contributed by atoms with Crippen molar-refractivity contribution in [2.45, 2.75) is 73.8 Å². The first-order valence-electron chi connectivity index (χ1n) is 11.2. The second-order valence-electron chi connectivity index (χ2n) is 9.85. The minimum Gasteiger partial charge on any atom is -0.482 e. The molecule has 6 aliphatic rings. The molecule has 32 heavy (non-hydrogen) atoms. The molecule has 1 spiro atoms. The van der Waals surface area contributed by atoms with Crippen LogP contribution in [0.25, 0.3) is 0 Å². The molecule has 8 heteroatoms. The Morgan fingerprint density at radius 1 is 1.22 bits per heavy atom. The minimum absolute atomic E-state index is 0.101. The first-order chi connectivity index (χ1) is 15.3. The van der Waals surface area contributed by atoms with Crippen molar-refractivity contribution in [3.63, 3.8) is 0 Å². The van der Waals surface area contributed by atoms with Gasteiger partial charge in [0, 0.05) is 25.5 Å². The van der Waals surface area contributed by atoms with E-state index in [1.54, 1.807) is 6.92 Å². The highest BCUT2D eigenvalue weighted by Crippen LogP contribution is 2.68. The molecule has 2 unspecified atom stereocenters. The second-order valence-corrected chi connectivity index (χ2v) is 9.85. The molecule has 1 N–H and O–H groups in total. The molecule has 3 aliphatic carbocycles. The quantitative estimate of drug-likeness (QED) is 0.513. The highest BCUT2D eigenvalue weighted by atomic mass is 16.8. The summed E-state index contributed by atoms with van der Waals surface area (Å²) in [6.45, 7) is 1.73. The number of epoxide rings is 1. The molecule has 1 aromatic rings. The molecule has 2 saturated heterocycles. The molecular weight excluding hydrogens is 416 g/mol. The van der Waals surface area contributed by atoms with Gasteiger partial charge in [-0.05, 0) is 42.9 Å². The predicted octanol–water partition coefficient (Wildman–Crippen LogP) is 1.20. The summed E-state index contributed by atoms with van der Waals surface area (Å²) in [6.07, 6.45) is 1.04. The molecule has 7 rings (SSSR count). The first kappa shape index (κ1) is 19.2. The number of ketones is 1. The normalized spacial score (nSPS) is 45.5. The zero-order chi connectivity index (χ0) is 22.1. The molecule has 0 radical (unpaired) electrons. The van der Waals surface area contributed by atoms with Crippen LogP contribution in [-0.2, 0) is 51.7 Å². The molecule has 0 amide bonds. The van der Waals surface area contributed by atoms with Crippen LogP contribution in [0.4, 0.5) is 0 Å². The van der Waals surface area contributed by atoms with Crippen molar-refractivity contribution in [3.8, 4) is 0 Å². The molecule has 6 atom stereocenters. The Morgan fingerprint density at radius 2 is 2.06 bits per heavy atom. The van der Waals surface area contributed by atoms with Crippen molar-refractivity contribution in [3.05, 3.63) is 46.2 Å². The number of rotatable bonds is 1. The van der Waals surface area contributed by atoms with Gasteiger partial charge in [0.1, 0.15) is 11.2 Å². The van der Waals surface area contributed by atoms with Crippen LogP contribution in [-0.4, -0.2) is 59.8 Å². The van der Waals surface area contributed by atoms with Crippen LogP contribution in [0.15, 0.2) is 29.5 Å². The lowest BCUT2D eigenvalue weighted by molar-refractivity contribution is -0.354. The van der Waals surface area contributed by atoms with Crippen LogP contribution in [0.5, 0.6) is 0 Å². The molecule has 3 heterocycles. The van der Waals surface area contributed by atoms with Gasteiger partial charge in [-0.2, -0.15) is 0 Å².